The number of halogens is 1. The maximum absolute atomic E-state index is 12.4. The molecule has 0 fully saturated rings. The Labute approximate surface area is 173 Å². The zero-order valence-electron chi connectivity index (χ0n) is 15.5. The predicted octanol–water partition coefficient (Wildman–Crippen LogP) is 3.64. The number of carbonyl (C=O) groups excluding carboxylic acids is 1. The van der Waals surface area contributed by atoms with E-state index in [2.05, 4.69) is 26.0 Å². The van der Waals surface area contributed by atoms with Crippen LogP contribution in [-0.4, -0.2) is 32.7 Å². The molecule has 0 spiro atoms. The fourth-order valence-corrected chi connectivity index (χ4v) is 4.88. The summed E-state index contributed by atoms with van der Waals surface area (Å²) in [6, 6.07) is 13.0. The van der Waals surface area contributed by atoms with Gasteiger partial charge in [0.15, 0.2) is 0 Å². The third-order valence-corrected chi connectivity index (χ3v) is 7.09. The molecule has 0 aromatic heterocycles. The predicted molar refractivity (Wildman–Crippen MR) is 114 cm³/mol. The van der Waals surface area contributed by atoms with Gasteiger partial charge >= 0.3 is 0 Å². The molecule has 0 bridgehead atoms. The van der Waals surface area contributed by atoms with Gasteiger partial charge in [-0.3, -0.25) is 4.79 Å². The number of nitrogens with one attached hydrogen (secondary N) is 2. The van der Waals surface area contributed by atoms with Gasteiger partial charge in [-0.05, 0) is 62.2 Å². The number of rotatable bonds is 8. The number of thioether (sulfide) groups is 1. The molecule has 0 radical (unpaired) electrons. The summed E-state index contributed by atoms with van der Waals surface area (Å²) in [5.41, 5.74) is 1.57. The van der Waals surface area contributed by atoms with E-state index < -0.39 is 10.0 Å². The Balaban J connectivity index is 1.82. The van der Waals surface area contributed by atoms with Crippen molar-refractivity contribution < 1.29 is 13.2 Å². The van der Waals surface area contributed by atoms with Gasteiger partial charge < -0.3 is 5.32 Å². The van der Waals surface area contributed by atoms with Crippen molar-refractivity contribution in [3.63, 3.8) is 0 Å². The Morgan fingerprint density at radius 2 is 1.78 bits per heavy atom. The Bertz CT molecular complexity index is 900. The first-order valence-corrected chi connectivity index (χ1v) is 11.6. The minimum atomic E-state index is -3.60. The van der Waals surface area contributed by atoms with Gasteiger partial charge in [-0.25, -0.2) is 13.1 Å². The molecule has 0 aliphatic rings. The maximum atomic E-state index is 12.4. The highest BCUT2D eigenvalue weighted by Gasteiger charge is 2.17. The molecular weight excluding hydrogens is 448 g/mol. The molecule has 5 nitrogen and oxygen atoms in total. The molecule has 2 rings (SSSR count). The van der Waals surface area contributed by atoms with E-state index in [4.69, 9.17) is 0 Å². The van der Waals surface area contributed by atoms with E-state index in [-0.39, 0.29) is 29.1 Å². The van der Waals surface area contributed by atoms with Gasteiger partial charge in [-0.2, -0.15) is 0 Å². The monoisotopic (exact) mass is 470 g/mol. The molecule has 2 aromatic carbocycles. The van der Waals surface area contributed by atoms with Gasteiger partial charge in [0.2, 0.25) is 15.9 Å². The van der Waals surface area contributed by atoms with Crippen LogP contribution in [0.4, 0.5) is 0 Å². The average Bonchev–Trinajstić information content (AvgIpc) is 2.62. The molecule has 0 aliphatic heterocycles. The van der Waals surface area contributed by atoms with Gasteiger partial charge in [0.25, 0.3) is 0 Å². The van der Waals surface area contributed by atoms with E-state index in [1.165, 1.54) is 11.8 Å². The van der Waals surface area contributed by atoms with Crippen LogP contribution in [0.3, 0.4) is 0 Å². The summed E-state index contributed by atoms with van der Waals surface area (Å²) in [5.74, 6) is -0.131. The number of amides is 1. The summed E-state index contributed by atoms with van der Waals surface area (Å²) < 4.78 is 28.4. The molecule has 2 N–H and O–H groups in total. The second-order valence-corrected chi connectivity index (χ2v) is 10.2. The minimum absolute atomic E-state index is 0.131. The summed E-state index contributed by atoms with van der Waals surface area (Å²) in [6.07, 6.45) is 0. The fourth-order valence-electron chi connectivity index (χ4n) is 2.36. The molecule has 0 saturated carbocycles. The third kappa shape index (κ3) is 6.64. The van der Waals surface area contributed by atoms with Crippen LogP contribution in [0.1, 0.15) is 18.1 Å². The lowest BCUT2D eigenvalue weighted by Gasteiger charge is -2.13. The van der Waals surface area contributed by atoms with E-state index in [0.717, 1.165) is 14.9 Å². The van der Waals surface area contributed by atoms with Crippen LogP contribution in [-0.2, 0) is 14.8 Å². The normalized spacial score (nSPS) is 12.6. The lowest BCUT2D eigenvalue weighted by molar-refractivity contribution is -0.120. The quantitative estimate of drug-likeness (QED) is 0.456. The highest BCUT2D eigenvalue weighted by Crippen LogP contribution is 2.24. The van der Waals surface area contributed by atoms with E-state index in [0.29, 0.717) is 5.56 Å². The standard InChI is InChI=1S/C19H23BrN2O3S2/c1-13-4-5-14(2)18(12-13)27(24,25)22-11-10-21-19(23)15(3)26-17-8-6-16(20)7-9-17/h4-9,12,15,22H,10-11H2,1-3H3,(H,21,23). The number of carbonyl (C=O) groups is 1. The molecule has 1 atom stereocenters. The molecule has 1 amide bonds. The highest BCUT2D eigenvalue weighted by molar-refractivity contribution is 9.10. The largest absolute Gasteiger partial charge is 0.354 e. The molecule has 8 heteroatoms. The van der Waals surface area contributed by atoms with Gasteiger partial charge in [0, 0.05) is 22.5 Å². The molecule has 0 aliphatic carbocycles. The van der Waals surface area contributed by atoms with Crippen molar-refractivity contribution in [2.45, 2.75) is 35.8 Å². The number of benzene rings is 2. The van der Waals surface area contributed by atoms with Crippen LogP contribution in [0.5, 0.6) is 0 Å². The van der Waals surface area contributed by atoms with Crippen LogP contribution < -0.4 is 10.0 Å². The first kappa shape index (κ1) is 21.9. The van der Waals surface area contributed by atoms with Crippen molar-refractivity contribution in [3.05, 3.63) is 58.1 Å². The van der Waals surface area contributed by atoms with Crippen LogP contribution >= 0.6 is 27.7 Å². The number of hydrogen-bond acceptors (Lipinski definition) is 4. The lowest BCUT2D eigenvalue weighted by atomic mass is 10.2. The molecule has 27 heavy (non-hydrogen) atoms. The van der Waals surface area contributed by atoms with Crippen LogP contribution in [0, 0.1) is 13.8 Å². The van der Waals surface area contributed by atoms with Crippen LogP contribution in [0.25, 0.3) is 0 Å². The second kappa shape index (κ2) is 9.73. The average molecular weight is 471 g/mol. The molecule has 0 heterocycles. The molecule has 2 aromatic rings. The number of sulfonamides is 1. The van der Waals surface area contributed by atoms with E-state index >= 15 is 0 Å². The Morgan fingerprint density at radius 1 is 1.11 bits per heavy atom. The van der Waals surface area contributed by atoms with Crippen molar-refractivity contribution in [1.82, 2.24) is 10.0 Å². The SMILES string of the molecule is Cc1ccc(C)c(S(=O)(=O)NCCNC(=O)C(C)Sc2ccc(Br)cc2)c1. The second-order valence-electron chi connectivity index (χ2n) is 6.17. The first-order chi connectivity index (χ1) is 12.7. The summed E-state index contributed by atoms with van der Waals surface area (Å²) in [6.45, 7) is 5.80. The highest BCUT2D eigenvalue weighted by atomic mass is 79.9. The van der Waals surface area contributed by atoms with Gasteiger partial charge in [0.05, 0.1) is 10.1 Å². The summed E-state index contributed by atoms with van der Waals surface area (Å²) in [4.78, 5) is 13.5. The van der Waals surface area contributed by atoms with Crippen molar-refractivity contribution in [2.75, 3.05) is 13.1 Å². The van der Waals surface area contributed by atoms with Crippen molar-refractivity contribution >= 4 is 43.6 Å². The summed E-state index contributed by atoms with van der Waals surface area (Å²) in [5, 5.41) is 2.49. The number of aryl methyl sites for hydroxylation is 2. The zero-order chi connectivity index (χ0) is 20.0. The van der Waals surface area contributed by atoms with Crippen LogP contribution in [0.2, 0.25) is 0 Å². The lowest BCUT2D eigenvalue weighted by Crippen LogP contribution is -2.38. The van der Waals surface area contributed by atoms with Crippen LogP contribution in [0.15, 0.2) is 56.7 Å². The Hall–Kier alpha value is -1.35. The van der Waals surface area contributed by atoms with E-state index in [9.17, 15) is 13.2 Å². The third-order valence-electron chi connectivity index (χ3n) is 3.85. The van der Waals surface area contributed by atoms with E-state index in [1.807, 2.05) is 44.2 Å². The minimum Gasteiger partial charge on any atom is -0.354 e. The first-order valence-electron chi connectivity index (χ1n) is 8.46. The molecule has 146 valence electrons. The van der Waals surface area contributed by atoms with Crippen molar-refractivity contribution in [1.29, 1.82) is 0 Å². The van der Waals surface area contributed by atoms with Gasteiger partial charge in [-0.1, -0.05) is 28.1 Å². The Kier molecular flexibility index (Phi) is 7.91. The maximum Gasteiger partial charge on any atom is 0.240 e. The molecule has 1 unspecified atom stereocenters. The van der Waals surface area contributed by atoms with Crippen molar-refractivity contribution in [2.24, 2.45) is 0 Å². The summed E-state index contributed by atoms with van der Waals surface area (Å²) >= 11 is 4.83. The Morgan fingerprint density at radius 3 is 2.44 bits per heavy atom. The van der Waals surface area contributed by atoms with Crippen molar-refractivity contribution in [3.8, 4) is 0 Å². The zero-order valence-corrected chi connectivity index (χ0v) is 18.7. The van der Waals surface area contributed by atoms with Gasteiger partial charge in [0.1, 0.15) is 0 Å². The number of hydrogen-bond donors (Lipinski definition) is 2. The van der Waals surface area contributed by atoms with E-state index in [1.54, 1.807) is 19.1 Å². The molecular formula is C19H23BrN2O3S2. The topological polar surface area (TPSA) is 75.3 Å². The van der Waals surface area contributed by atoms with Gasteiger partial charge in [-0.15, -0.1) is 11.8 Å². The summed E-state index contributed by atoms with van der Waals surface area (Å²) in [7, 11) is -3.60. The smallest absolute Gasteiger partial charge is 0.240 e. The fraction of sp³-hybridized carbons (Fsp3) is 0.316. The molecule has 0 saturated heterocycles.